The van der Waals surface area contributed by atoms with Crippen molar-refractivity contribution in [2.45, 2.75) is 78.7 Å². The van der Waals surface area contributed by atoms with Crippen LogP contribution in [0.5, 0.6) is 0 Å². The zero-order valence-corrected chi connectivity index (χ0v) is 13.8. The van der Waals surface area contributed by atoms with Gasteiger partial charge in [-0.25, -0.2) is 0 Å². The van der Waals surface area contributed by atoms with Crippen LogP contribution in [0.1, 0.15) is 68.2 Å². The van der Waals surface area contributed by atoms with Crippen molar-refractivity contribution in [3.63, 3.8) is 0 Å². The second kappa shape index (κ2) is 24.6. The third-order valence-electron chi connectivity index (χ3n) is 1.39. The van der Waals surface area contributed by atoms with Gasteiger partial charge >= 0.3 is 23.9 Å². The molecule has 0 heterocycles. The Balaban J connectivity index is -0.0000000370. The molecule has 0 aromatic heterocycles. The minimum Gasteiger partial charge on any atom is -0.789 e. The van der Waals surface area contributed by atoms with Crippen molar-refractivity contribution in [2.75, 3.05) is 0 Å². The van der Waals surface area contributed by atoms with Crippen LogP contribution in [0.4, 0.5) is 0 Å². The summed E-state index contributed by atoms with van der Waals surface area (Å²) in [6, 6.07) is 0. The molecule has 0 aromatic rings. The van der Waals surface area contributed by atoms with Crippen molar-refractivity contribution < 1.29 is 0 Å². The molecule has 0 aromatic carbocycles. The van der Waals surface area contributed by atoms with E-state index in [4.69, 9.17) is 25.3 Å². The fraction of sp³-hybridized carbons (Fsp3) is 1.00. The van der Waals surface area contributed by atoms with Crippen LogP contribution >= 0.6 is 0 Å². The van der Waals surface area contributed by atoms with Gasteiger partial charge in [0.15, 0.2) is 0 Å². The molecule has 2 unspecified atom stereocenters. The first-order chi connectivity index (χ1) is 5.54. The second-order valence-corrected chi connectivity index (χ2v) is 4.81. The smallest absolute Gasteiger partial charge is 0.789 e. The molecule has 3 heteroatoms. The minimum atomic E-state index is 0. The van der Waals surface area contributed by atoms with Crippen LogP contribution < -0.4 is 0 Å². The molecule has 0 bridgehead atoms. The summed E-state index contributed by atoms with van der Waals surface area (Å²) in [4.78, 5) is 0. The number of rotatable bonds is 4. The summed E-state index contributed by atoms with van der Waals surface area (Å²) in [5.74, 6) is 0. The van der Waals surface area contributed by atoms with E-state index in [-0.39, 0.29) is 38.8 Å². The molecule has 0 saturated heterocycles. The fourth-order valence-electron chi connectivity index (χ4n) is 0.813. The first-order valence-electron chi connectivity index (χ1n) is 4.86. The van der Waals surface area contributed by atoms with Crippen LogP contribution in [0.25, 0.3) is 0 Å². The summed E-state index contributed by atoms with van der Waals surface area (Å²) >= 11 is 9.76. The maximum absolute atomic E-state index is 4.88. The molecule has 0 nitrogen and oxygen atoms in total. The molecule has 0 fully saturated rings. The Bertz CT molecular complexity index is 66.0. The molecule has 0 saturated carbocycles. The SMILES string of the molecule is C.C.CCCC(C)[S-].CCCC(C)[S-].[Sn+2]. The predicted molar refractivity (Wildman–Crippen MR) is 82.7 cm³/mol. The summed E-state index contributed by atoms with van der Waals surface area (Å²) in [7, 11) is 0. The zero-order chi connectivity index (χ0) is 9.98. The van der Waals surface area contributed by atoms with Gasteiger partial charge in [-0.3, -0.25) is 0 Å². The standard InChI is InChI=1S/2C5H12S.2CH4.Sn/c2*1-3-4-5(2)6;;;/h2*5-6H,3-4H2,1-2H3;2*1H4;/q;;;;+2/p-2. The molecule has 94 valence electrons. The molecule has 0 N–H and O–H groups in total. The summed E-state index contributed by atoms with van der Waals surface area (Å²) in [5, 5.41) is 0.963. The summed E-state index contributed by atoms with van der Waals surface area (Å²) in [6.07, 6.45) is 4.83. The van der Waals surface area contributed by atoms with Gasteiger partial charge in [-0.05, 0) is 0 Å². The maximum atomic E-state index is 4.88. The molecule has 2 atom stereocenters. The van der Waals surface area contributed by atoms with E-state index in [9.17, 15) is 0 Å². The van der Waals surface area contributed by atoms with Crippen molar-refractivity contribution in [1.29, 1.82) is 0 Å². The molecule has 0 amide bonds. The topological polar surface area (TPSA) is 0 Å². The average Bonchev–Trinajstić information content (AvgIpc) is 1.87. The number of hydrogen-bond donors (Lipinski definition) is 0. The van der Waals surface area contributed by atoms with E-state index in [1.165, 1.54) is 25.7 Å². The number of hydrogen-bond acceptors (Lipinski definition) is 2. The Kier molecular flexibility index (Phi) is 49.2. The van der Waals surface area contributed by atoms with Gasteiger partial charge in [0.1, 0.15) is 0 Å². The molecule has 0 spiro atoms. The molecule has 0 aliphatic carbocycles. The maximum Gasteiger partial charge on any atom is 2.00 e. The van der Waals surface area contributed by atoms with Gasteiger partial charge in [-0.1, -0.05) is 68.2 Å². The van der Waals surface area contributed by atoms with Crippen molar-refractivity contribution >= 4 is 49.2 Å². The Hall–Kier alpha value is 1.50. The van der Waals surface area contributed by atoms with Gasteiger partial charge in [0.25, 0.3) is 0 Å². The third-order valence-corrected chi connectivity index (χ3v) is 1.86. The van der Waals surface area contributed by atoms with E-state index in [0.717, 1.165) is 0 Å². The van der Waals surface area contributed by atoms with Crippen LogP contribution in [-0.2, 0) is 25.3 Å². The van der Waals surface area contributed by atoms with E-state index in [1.54, 1.807) is 0 Å². The van der Waals surface area contributed by atoms with E-state index in [2.05, 4.69) is 27.7 Å². The quantitative estimate of drug-likeness (QED) is 0.543. The van der Waals surface area contributed by atoms with Crippen LogP contribution in [0, 0.1) is 0 Å². The Morgan fingerprint density at radius 3 is 1.00 bits per heavy atom. The van der Waals surface area contributed by atoms with Crippen molar-refractivity contribution in [3.8, 4) is 0 Å². The van der Waals surface area contributed by atoms with E-state index >= 15 is 0 Å². The van der Waals surface area contributed by atoms with Crippen LogP contribution in [0.2, 0.25) is 0 Å². The Labute approximate surface area is 127 Å². The van der Waals surface area contributed by atoms with Gasteiger partial charge in [-0.15, -0.1) is 0 Å². The molecule has 0 aliphatic rings. The van der Waals surface area contributed by atoms with E-state index in [1.807, 2.05) is 0 Å². The van der Waals surface area contributed by atoms with Gasteiger partial charge in [0, 0.05) is 0 Å². The third kappa shape index (κ3) is 50.2. The predicted octanol–water partition coefficient (Wildman–Crippen LogP) is 4.34. The summed E-state index contributed by atoms with van der Waals surface area (Å²) in [6.45, 7) is 8.45. The molecule has 15 heavy (non-hydrogen) atoms. The molecule has 2 radical (unpaired) electrons. The molecular weight excluding hydrogens is 327 g/mol. The van der Waals surface area contributed by atoms with Crippen LogP contribution in [0.3, 0.4) is 0 Å². The Morgan fingerprint density at radius 2 is 1.00 bits per heavy atom. The normalized spacial score (nSPS) is 11.6. The van der Waals surface area contributed by atoms with Crippen molar-refractivity contribution in [2.24, 2.45) is 0 Å². The summed E-state index contributed by atoms with van der Waals surface area (Å²) in [5.41, 5.74) is 0. The monoisotopic (exact) mass is 358 g/mol. The molecule has 0 aliphatic heterocycles. The molecule has 0 rings (SSSR count). The van der Waals surface area contributed by atoms with Crippen molar-refractivity contribution in [1.82, 2.24) is 0 Å². The van der Waals surface area contributed by atoms with Crippen LogP contribution in [-0.4, -0.2) is 34.4 Å². The van der Waals surface area contributed by atoms with E-state index in [0.29, 0.717) is 10.5 Å². The average molecular weight is 357 g/mol. The molecular formula is C12H30S2Sn. The van der Waals surface area contributed by atoms with Gasteiger partial charge in [0.05, 0.1) is 0 Å². The van der Waals surface area contributed by atoms with Gasteiger partial charge in [0.2, 0.25) is 0 Å². The minimum absolute atomic E-state index is 0. The first-order valence-corrected chi connectivity index (χ1v) is 5.80. The largest absolute Gasteiger partial charge is 2.00 e. The van der Waals surface area contributed by atoms with Crippen molar-refractivity contribution in [3.05, 3.63) is 0 Å². The van der Waals surface area contributed by atoms with Crippen LogP contribution in [0.15, 0.2) is 0 Å². The first kappa shape index (κ1) is 30.0. The van der Waals surface area contributed by atoms with E-state index < -0.39 is 0 Å². The Morgan fingerprint density at radius 1 is 0.800 bits per heavy atom. The summed E-state index contributed by atoms with van der Waals surface area (Å²) < 4.78 is 0. The fourth-order valence-corrected chi connectivity index (χ4v) is 1.28. The van der Waals surface area contributed by atoms with Gasteiger partial charge in [-0.2, -0.15) is 10.5 Å². The second-order valence-electron chi connectivity index (χ2n) is 3.20. The van der Waals surface area contributed by atoms with Gasteiger partial charge < -0.3 is 25.3 Å². The zero-order valence-electron chi connectivity index (χ0n) is 9.30.